The zero-order chi connectivity index (χ0) is 20.8. The average molecular weight is 490 g/mol. The number of nitrogens with one attached hydrogen (secondary N) is 1. The minimum absolute atomic E-state index is 0. The van der Waals surface area contributed by atoms with E-state index < -0.39 is 0 Å². The van der Waals surface area contributed by atoms with Crippen LogP contribution in [-0.2, 0) is 17.1 Å². The molecule has 6 nitrogen and oxygen atoms in total. The molecular weight excluding hydrogens is 474 g/mol. The first-order valence-electron chi connectivity index (χ1n) is 9.03. The van der Waals surface area contributed by atoms with Crippen molar-refractivity contribution in [2.45, 2.75) is 0 Å². The summed E-state index contributed by atoms with van der Waals surface area (Å²) in [6, 6.07) is 6.88. The van der Waals surface area contributed by atoms with Crippen LogP contribution < -0.4 is 5.32 Å². The fourth-order valence-electron chi connectivity index (χ4n) is 2.68. The summed E-state index contributed by atoms with van der Waals surface area (Å²) in [5.74, 6) is 0.638. The van der Waals surface area contributed by atoms with E-state index in [2.05, 4.69) is 20.4 Å². The summed E-state index contributed by atoms with van der Waals surface area (Å²) in [7, 11) is 0. The van der Waals surface area contributed by atoms with E-state index in [0.717, 1.165) is 16.6 Å². The van der Waals surface area contributed by atoms with Crippen molar-refractivity contribution in [2.75, 3.05) is 5.32 Å². The number of aromatic nitrogens is 4. The maximum atomic E-state index is 12.5. The Balaban J connectivity index is 0.000000401. The number of carbonyl (C=O) groups is 1. The smallest absolute Gasteiger partial charge is 0.298 e. The van der Waals surface area contributed by atoms with Gasteiger partial charge in [0.1, 0.15) is 17.7 Å². The predicted molar refractivity (Wildman–Crippen MR) is 117 cm³/mol. The molecule has 2 aromatic heterocycles. The molecule has 1 N–H and O–H groups in total. The van der Waals surface area contributed by atoms with E-state index in [0.29, 0.717) is 15.7 Å². The molecule has 0 aliphatic heterocycles. The maximum Gasteiger partial charge on any atom is 2.00 e. The van der Waals surface area contributed by atoms with E-state index in [4.69, 9.17) is 11.6 Å². The molecule has 0 bridgehead atoms. The summed E-state index contributed by atoms with van der Waals surface area (Å²) < 4.78 is 1.63. The first-order valence-corrected chi connectivity index (χ1v) is 10.2. The molecule has 3 aromatic rings. The van der Waals surface area contributed by atoms with Crippen molar-refractivity contribution in [1.82, 2.24) is 19.7 Å². The number of thiazole rings is 1. The van der Waals surface area contributed by atoms with Crippen molar-refractivity contribution >= 4 is 34.0 Å². The van der Waals surface area contributed by atoms with Crippen LogP contribution in [0.3, 0.4) is 0 Å². The number of amides is 1. The van der Waals surface area contributed by atoms with Gasteiger partial charge in [-0.3, -0.25) is 10.1 Å². The molecule has 2 saturated carbocycles. The quantitative estimate of drug-likeness (QED) is 0.551. The Labute approximate surface area is 202 Å². The summed E-state index contributed by atoms with van der Waals surface area (Å²) in [6.45, 7) is 0. The van der Waals surface area contributed by atoms with Crippen LogP contribution in [0.25, 0.3) is 5.00 Å². The third-order valence-electron chi connectivity index (χ3n) is 4.07. The first-order chi connectivity index (χ1) is 14.7. The monoisotopic (exact) mass is 489 g/mol. The van der Waals surface area contributed by atoms with Gasteiger partial charge in [0.15, 0.2) is 5.13 Å². The van der Waals surface area contributed by atoms with Gasteiger partial charge in [-0.25, -0.2) is 14.6 Å². The van der Waals surface area contributed by atoms with Crippen LogP contribution in [0, 0.1) is 63.7 Å². The molecule has 10 radical (unpaired) electrons. The molecule has 2 heterocycles. The maximum absolute atomic E-state index is 12.5. The van der Waals surface area contributed by atoms with Gasteiger partial charge in [0.2, 0.25) is 0 Å². The predicted octanol–water partition coefficient (Wildman–Crippen LogP) is 4.40. The van der Waals surface area contributed by atoms with Crippen molar-refractivity contribution in [3.63, 3.8) is 0 Å². The van der Waals surface area contributed by atoms with Crippen LogP contribution in [0.1, 0.15) is 16.1 Å². The van der Waals surface area contributed by atoms with Gasteiger partial charge in [0.25, 0.3) is 5.91 Å². The molecule has 0 spiro atoms. The van der Waals surface area contributed by atoms with E-state index in [1.165, 1.54) is 17.7 Å². The summed E-state index contributed by atoms with van der Waals surface area (Å²) in [5.41, 5.74) is 1.13. The molecule has 0 saturated heterocycles. The Kier molecular flexibility index (Phi) is 9.08. The average Bonchev–Trinajstić information content (AvgIpc) is 3.57. The molecule has 5 rings (SSSR count). The molecule has 1 aromatic carbocycles. The van der Waals surface area contributed by atoms with Gasteiger partial charge in [0.05, 0.1) is 16.3 Å². The van der Waals surface area contributed by atoms with E-state index in [1.807, 2.05) is 57.8 Å². The van der Waals surface area contributed by atoms with Crippen molar-refractivity contribution < 1.29 is 21.9 Å². The standard InChI is InChI=1S/C17H11ClN5OS.C5H5.Fe/c18-13-8-4-3-7-12(13)15(24)22-17-21-14(11-5-1-2-6-11)16(25-17)23-10-19-9-20-23;1-2-4-5-3-1;/h1-10H,(H,21,22,24);1-5H;/q;;+2. The van der Waals surface area contributed by atoms with Crippen molar-refractivity contribution in [3.05, 3.63) is 117 Å². The third-order valence-corrected chi connectivity index (χ3v) is 5.36. The van der Waals surface area contributed by atoms with Gasteiger partial charge >= 0.3 is 17.1 Å². The molecule has 2 fully saturated rings. The number of hydrogen-bond acceptors (Lipinski definition) is 5. The molecule has 154 valence electrons. The Morgan fingerprint density at radius 3 is 2.29 bits per heavy atom. The topological polar surface area (TPSA) is 72.7 Å². The van der Waals surface area contributed by atoms with E-state index in [-0.39, 0.29) is 23.0 Å². The van der Waals surface area contributed by atoms with Gasteiger partial charge in [-0.05, 0) is 69.9 Å². The molecule has 9 heteroatoms. The van der Waals surface area contributed by atoms with Crippen LogP contribution in [0.15, 0.2) is 36.9 Å². The van der Waals surface area contributed by atoms with Gasteiger partial charge in [-0.1, -0.05) is 35.1 Å². The van der Waals surface area contributed by atoms with E-state index in [9.17, 15) is 4.79 Å². The Bertz CT molecular complexity index is 961. The summed E-state index contributed by atoms with van der Waals surface area (Å²) in [6.07, 6.45) is 20.8. The summed E-state index contributed by atoms with van der Waals surface area (Å²) in [5, 5.41) is 8.60. The Morgan fingerprint density at radius 2 is 1.68 bits per heavy atom. The largest absolute Gasteiger partial charge is 2.00 e. The van der Waals surface area contributed by atoms with Crippen LogP contribution in [-0.4, -0.2) is 25.7 Å². The molecular formula is C22H16ClFeN5OS+2. The molecule has 2 aliphatic rings. The minimum Gasteiger partial charge on any atom is -0.298 e. The second-order valence-corrected chi connectivity index (χ2v) is 7.47. The third kappa shape index (κ3) is 6.16. The Hall–Kier alpha value is -1.73. The Morgan fingerprint density at radius 1 is 1.00 bits per heavy atom. The summed E-state index contributed by atoms with van der Waals surface area (Å²) in [4.78, 5) is 21.0. The molecule has 1 amide bonds. The van der Waals surface area contributed by atoms with Gasteiger partial charge in [0, 0.05) is 5.92 Å². The number of nitrogens with zero attached hydrogens (tertiary/aromatic N) is 4. The molecule has 0 atom stereocenters. The van der Waals surface area contributed by atoms with E-state index in [1.54, 1.807) is 35.3 Å². The van der Waals surface area contributed by atoms with Crippen LogP contribution in [0.2, 0.25) is 5.02 Å². The zero-order valence-electron chi connectivity index (χ0n) is 16.0. The van der Waals surface area contributed by atoms with Crippen molar-refractivity contribution in [1.29, 1.82) is 0 Å². The van der Waals surface area contributed by atoms with Gasteiger partial charge in [-0.15, -0.1) is 0 Å². The van der Waals surface area contributed by atoms with Crippen LogP contribution in [0.5, 0.6) is 0 Å². The number of anilines is 1. The fraction of sp³-hybridized carbons (Fsp3) is 0. The zero-order valence-corrected chi connectivity index (χ0v) is 18.7. The number of benzene rings is 1. The van der Waals surface area contributed by atoms with Crippen LogP contribution >= 0.6 is 22.9 Å². The van der Waals surface area contributed by atoms with E-state index >= 15 is 0 Å². The van der Waals surface area contributed by atoms with Crippen molar-refractivity contribution in [3.8, 4) is 5.00 Å². The fourth-order valence-corrected chi connectivity index (χ4v) is 3.82. The minimum atomic E-state index is -0.307. The summed E-state index contributed by atoms with van der Waals surface area (Å²) >= 11 is 7.40. The van der Waals surface area contributed by atoms with Crippen molar-refractivity contribution in [2.24, 2.45) is 0 Å². The molecule has 0 unspecified atom stereocenters. The SMILES string of the molecule is O=C(Nc1nc([C]2[CH][CH][CH][CH]2)c(-n2cncn2)s1)c1ccccc1Cl.[CH]1[CH][CH][CH][CH]1.[Fe+2]. The second-order valence-electron chi connectivity index (χ2n) is 6.08. The normalized spacial score (nSPS) is 15.8. The van der Waals surface area contributed by atoms with Gasteiger partial charge < -0.3 is 0 Å². The number of rotatable bonds is 4. The first kappa shape index (κ1) is 23.9. The second kappa shape index (κ2) is 11.8. The number of halogens is 1. The molecule has 2 aliphatic carbocycles. The molecule has 31 heavy (non-hydrogen) atoms. The number of hydrogen-bond donors (Lipinski definition) is 1. The van der Waals surface area contributed by atoms with Crippen LogP contribution in [0.4, 0.5) is 5.13 Å². The van der Waals surface area contributed by atoms with Gasteiger partial charge in [-0.2, -0.15) is 5.10 Å². The number of carbonyl (C=O) groups excluding carboxylic acids is 1.